The second-order valence-corrected chi connectivity index (χ2v) is 6.99. The van der Waals surface area contributed by atoms with Crippen LogP contribution in [0.15, 0.2) is 43.0 Å². The van der Waals surface area contributed by atoms with E-state index in [2.05, 4.69) is 16.8 Å². The highest BCUT2D eigenvalue weighted by atomic mass is 16.4. The van der Waals surface area contributed by atoms with Crippen molar-refractivity contribution in [1.29, 1.82) is 0 Å². The number of hydrogen-bond donors (Lipinski definition) is 2. The molecule has 2 heterocycles. The first-order valence-electron chi connectivity index (χ1n) is 8.68. The molecule has 6 heteroatoms. The number of carbonyl (C=O) groups excluding carboxylic acids is 1. The summed E-state index contributed by atoms with van der Waals surface area (Å²) in [6.45, 7) is 6.91. The normalized spacial score (nSPS) is 25.6. The third kappa shape index (κ3) is 3.54. The first-order chi connectivity index (χ1) is 12.0. The summed E-state index contributed by atoms with van der Waals surface area (Å²) in [7, 11) is 0. The number of nitrogens with one attached hydrogen (secondary N) is 1. The number of urea groups is 1. The molecule has 2 fully saturated rings. The SMILES string of the molecule is C=CCN1CC2CN(C(=O)NCCc3ccccc3)CC2(C(=O)O)C1. The molecule has 0 radical (unpaired) electrons. The van der Waals surface area contributed by atoms with Crippen LogP contribution in [0.2, 0.25) is 0 Å². The first-order valence-corrected chi connectivity index (χ1v) is 8.68. The zero-order valence-corrected chi connectivity index (χ0v) is 14.4. The largest absolute Gasteiger partial charge is 0.481 e. The topological polar surface area (TPSA) is 72.9 Å². The van der Waals surface area contributed by atoms with Gasteiger partial charge < -0.3 is 15.3 Å². The molecule has 0 spiro atoms. The fraction of sp³-hybridized carbons (Fsp3) is 0.474. The summed E-state index contributed by atoms with van der Waals surface area (Å²) < 4.78 is 0. The highest BCUT2D eigenvalue weighted by Gasteiger charge is 2.58. The molecule has 6 nitrogen and oxygen atoms in total. The highest BCUT2D eigenvalue weighted by molar-refractivity contribution is 5.81. The van der Waals surface area contributed by atoms with Crippen LogP contribution < -0.4 is 5.32 Å². The second-order valence-electron chi connectivity index (χ2n) is 6.99. The number of hydrogen-bond acceptors (Lipinski definition) is 3. The molecule has 2 aliphatic heterocycles. The molecule has 2 aliphatic rings. The Labute approximate surface area is 148 Å². The number of rotatable bonds is 6. The fourth-order valence-corrected chi connectivity index (χ4v) is 4.02. The summed E-state index contributed by atoms with van der Waals surface area (Å²) in [6.07, 6.45) is 2.56. The molecule has 3 rings (SSSR count). The molecule has 2 amide bonds. The molecule has 1 aromatic rings. The molecular weight excluding hydrogens is 318 g/mol. The summed E-state index contributed by atoms with van der Waals surface area (Å²) in [6, 6.07) is 9.81. The number of benzene rings is 1. The van der Waals surface area contributed by atoms with E-state index in [1.165, 1.54) is 5.56 Å². The van der Waals surface area contributed by atoms with Crippen LogP contribution >= 0.6 is 0 Å². The maximum absolute atomic E-state index is 12.4. The molecule has 0 aromatic heterocycles. The first kappa shape index (κ1) is 17.5. The molecule has 0 saturated carbocycles. The van der Waals surface area contributed by atoms with Gasteiger partial charge in [-0.2, -0.15) is 0 Å². The van der Waals surface area contributed by atoms with E-state index in [4.69, 9.17) is 0 Å². The van der Waals surface area contributed by atoms with Crippen LogP contribution in [0, 0.1) is 11.3 Å². The Morgan fingerprint density at radius 3 is 2.68 bits per heavy atom. The average Bonchev–Trinajstić information content (AvgIpc) is 3.11. The van der Waals surface area contributed by atoms with Crippen LogP contribution in [0.25, 0.3) is 0 Å². The van der Waals surface area contributed by atoms with Crippen molar-refractivity contribution in [3.05, 3.63) is 48.6 Å². The molecule has 0 aliphatic carbocycles. The van der Waals surface area contributed by atoms with E-state index >= 15 is 0 Å². The van der Waals surface area contributed by atoms with Crippen molar-refractivity contribution in [3.63, 3.8) is 0 Å². The molecule has 25 heavy (non-hydrogen) atoms. The number of fused-ring (bicyclic) bond motifs is 1. The van der Waals surface area contributed by atoms with E-state index in [0.717, 1.165) is 6.42 Å². The summed E-state index contributed by atoms with van der Waals surface area (Å²) >= 11 is 0. The summed E-state index contributed by atoms with van der Waals surface area (Å²) in [5, 5.41) is 12.7. The average molecular weight is 343 g/mol. The predicted octanol–water partition coefficient (Wildman–Crippen LogP) is 1.44. The number of carboxylic acid groups (broad SMARTS) is 1. The van der Waals surface area contributed by atoms with Crippen LogP contribution in [-0.4, -0.2) is 66.2 Å². The Morgan fingerprint density at radius 2 is 2.04 bits per heavy atom. The van der Waals surface area contributed by atoms with Gasteiger partial charge in [0.2, 0.25) is 0 Å². The zero-order chi connectivity index (χ0) is 17.9. The number of likely N-dealkylation sites (tertiary alicyclic amines) is 2. The maximum Gasteiger partial charge on any atom is 0.317 e. The number of nitrogens with zero attached hydrogens (tertiary/aromatic N) is 2. The van der Waals surface area contributed by atoms with Gasteiger partial charge in [0.25, 0.3) is 0 Å². The van der Waals surface area contributed by atoms with E-state index in [9.17, 15) is 14.7 Å². The summed E-state index contributed by atoms with van der Waals surface area (Å²) in [5.41, 5.74) is 0.322. The van der Waals surface area contributed by atoms with E-state index in [0.29, 0.717) is 32.7 Å². The van der Waals surface area contributed by atoms with Crippen LogP contribution in [-0.2, 0) is 11.2 Å². The Hall–Kier alpha value is -2.34. The van der Waals surface area contributed by atoms with Gasteiger partial charge in [-0.3, -0.25) is 9.69 Å². The minimum Gasteiger partial charge on any atom is -0.481 e. The van der Waals surface area contributed by atoms with Crippen LogP contribution in [0.1, 0.15) is 5.56 Å². The predicted molar refractivity (Wildman–Crippen MR) is 95.3 cm³/mol. The van der Waals surface area contributed by atoms with Gasteiger partial charge in [0.05, 0.1) is 0 Å². The lowest BCUT2D eigenvalue weighted by Crippen LogP contribution is -2.45. The quantitative estimate of drug-likeness (QED) is 0.767. The van der Waals surface area contributed by atoms with Gasteiger partial charge >= 0.3 is 12.0 Å². The fourth-order valence-electron chi connectivity index (χ4n) is 4.02. The van der Waals surface area contributed by atoms with Crippen molar-refractivity contribution in [1.82, 2.24) is 15.1 Å². The van der Waals surface area contributed by atoms with Gasteiger partial charge in [0, 0.05) is 45.2 Å². The molecule has 2 saturated heterocycles. The highest BCUT2D eigenvalue weighted by Crippen LogP contribution is 2.42. The third-order valence-corrected chi connectivity index (χ3v) is 5.31. The van der Waals surface area contributed by atoms with Gasteiger partial charge in [0.15, 0.2) is 0 Å². The van der Waals surface area contributed by atoms with Gasteiger partial charge in [-0.25, -0.2) is 4.79 Å². The molecule has 134 valence electrons. The van der Waals surface area contributed by atoms with Crippen LogP contribution in [0.4, 0.5) is 4.79 Å². The third-order valence-electron chi connectivity index (χ3n) is 5.31. The number of carbonyl (C=O) groups is 2. The molecule has 2 N–H and O–H groups in total. The minimum atomic E-state index is -0.847. The van der Waals surface area contributed by atoms with E-state index in [-0.39, 0.29) is 18.5 Å². The van der Waals surface area contributed by atoms with Crippen LogP contribution in [0.3, 0.4) is 0 Å². The summed E-state index contributed by atoms with van der Waals surface area (Å²) in [5.74, 6) is -0.825. The maximum atomic E-state index is 12.4. The van der Waals surface area contributed by atoms with Gasteiger partial charge in [0.1, 0.15) is 5.41 Å². The molecule has 0 bridgehead atoms. The lowest BCUT2D eigenvalue weighted by atomic mass is 9.81. The number of amides is 2. The minimum absolute atomic E-state index is 0.0233. The zero-order valence-electron chi connectivity index (χ0n) is 14.4. The van der Waals surface area contributed by atoms with Crippen molar-refractivity contribution in [2.45, 2.75) is 6.42 Å². The lowest BCUT2D eigenvalue weighted by molar-refractivity contribution is -0.148. The van der Waals surface area contributed by atoms with E-state index in [1.807, 2.05) is 30.3 Å². The lowest BCUT2D eigenvalue weighted by Gasteiger charge is -2.25. The van der Waals surface area contributed by atoms with Crippen molar-refractivity contribution in [2.75, 3.05) is 39.3 Å². The Balaban J connectivity index is 1.55. The molecule has 2 atom stereocenters. The second kappa shape index (κ2) is 7.27. The van der Waals surface area contributed by atoms with Crippen molar-refractivity contribution < 1.29 is 14.7 Å². The Morgan fingerprint density at radius 1 is 1.28 bits per heavy atom. The van der Waals surface area contributed by atoms with Crippen LogP contribution in [0.5, 0.6) is 0 Å². The van der Waals surface area contributed by atoms with Crippen molar-refractivity contribution in [2.24, 2.45) is 11.3 Å². The smallest absolute Gasteiger partial charge is 0.317 e. The monoisotopic (exact) mass is 343 g/mol. The molecule has 1 aromatic carbocycles. The van der Waals surface area contributed by atoms with Gasteiger partial charge in [-0.05, 0) is 12.0 Å². The van der Waals surface area contributed by atoms with E-state index in [1.54, 1.807) is 11.0 Å². The number of carboxylic acids is 1. The molecule has 2 unspecified atom stereocenters. The van der Waals surface area contributed by atoms with Gasteiger partial charge in [-0.15, -0.1) is 6.58 Å². The van der Waals surface area contributed by atoms with Crippen molar-refractivity contribution in [3.8, 4) is 0 Å². The van der Waals surface area contributed by atoms with E-state index < -0.39 is 11.4 Å². The summed E-state index contributed by atoms with van der Waals surface area (Å²) in [4.78, 5) is 28.1. The van der Waals surface area contributed by atoms with Crippen molar-refractivity contribution >= 4 is 12.0 Å². The van der Waals surface area contributed by atoms with Gasteiger partial charge in [-0.1, -0.05) is 36.4 Å². The number of aliphatic carboxylic acids is 1. The Kier molecular flexibility index (Phi) is 5.08. The molecular formula is C19H25N3O3. The Bertz CT molecular complexity index is 649. The standard InChI is InChI=1S/C19H25N3O3/c1-2-10-21-11-16-12-22(14-19(16,13-21)17(23)24)18(25)20-9-8-15-6-4-3-5-7-15/h2-7,16H,1,8-14H2,(H,20,25)(H,23,24).